The van der Waals surface area contributed by atoms with Gasteiger partial charge >= 0.3 is 5.97 Å². The number of aryl methyl sites for hydroxylation is 2. The van der Waals surface area contributed by atoms with Crippen molar-refractivity contribution in [2.75, 3.05) is 0 Å². The van der Waals surface area contributed by atoms with Crippen LogP contribution in [0.25, 0.3) is 0 Å². The SMILES string of the molecule is Cc1ccc([N+](=O)[O-])cc1C(=O)OCc1nnc(C)n1C1CC1. The standard InChI is InChI=1S/C15H16N4O4/c1-9-3-4-12(19(21)22)7-13(9)15(20)23-8-14-17-16-10(2)18(14)11-5-6-11/h3-4,7,11H,5-6,8H2,1-2H3. The summed E-state index contributed by atoms with van der Waals surface area (Å²) in [5.41, 5.74) is 0.674. The summed E-state index contributed by atoms with van der Waals surface area (Å²) in [6, 6.07) is 4.51. The fourth-order valence-corrected chi connectivity index (χ4v) is 2.47. The van der Waals surface area contributed by atoms with Gasteiger partial charge in [0.2, 0.25) is 0 Å². The zero-order valence-electron chi connectivity index (χ0n) is 12.9. The molecule has 0 saturated heterocycles. The lowest BCUT2D eigenvalue weighted by atomic mass is 10.1. The van der Waals surface area contributed by atoms with E-state index in [1.807, 2.05) is 11.5 Å². The first-order valence-electron chi connectivity index (χ1n) is 7.30. The number of rotatable bonds is 5. The first-order chi connectivity index (χ1) is 11.0. The van der Waals surface area contributed by atoms with Crippen LogP contribution in [0.15, 0.2) is 18.2 Å². The largest absolute Gasteiger partial charge is 0.454 e. The van der Waals surface area contributed by atoms with Gasteiger partial charge in [-0.2, -0.15) is 0 Å². The van der Waals surface area contributed by atoms with Gasteiger partial charge in [0.15, 0.2) is 12.4 Å². The van der Waals surface area contributed by atoms with Gasteiger partial charge < -0.3 is 9.30 Å². The minimum absolute atomic E-state index is 0.00168. The molecule has 1 aliphatic rings. The van der Waals surface area contributed by atoms with Crippen LogP contribution in [0.1, 0.15) is 46.5 Å². The first kappa shape index (κ1) is 15.1. The fraction of sp³-hybridized carbons (Fsp3) is 0.400. The number of carbonyl (C=O) groups excluding carboxylic acids is 1. The maximum Gasteiger partial charge on any atom is 0.339 e. The van der Waals surface area contributed by atoms with E-state index in [-0.39, 0.29) is 17.9 Å². The molecule has 120 valence electrons. The molecule has 0 radical (unpaired) electrons. The zero-order chi connectivity index (χ0) is 16.6. The summed E-state index contributed by atoms with van der Waals surface area (Å²) in [7, 11) is 0. The third-order valence-corrected chi connectivity index (χ3v) is 3.83. The van der Waals surface area contributed by atoms with Crippen molar-refractivity contribution < 1.29 is 14.5 Å². The minimum atomic E-state index is -0.603. The Balaban J connectivity index is 1.75. The summed E-state index contributed by atoms with van der Waals surface area (Å²) in [5, 5.41) is 18.9. The fourth-order valence-electron chi connectivity index (χ4n) is 2.47. The van der Waals surface area contributed by atoms with E-state index in [9.17, 15) is 14.9 Å². The highest BCUT2D eigenvalue weighted by molar-refractivity contribution is 5.91. The molecule has 0 amide bonds. The van der Waals surface area contributed by atoms with Gasteiger partial charge in [-0.25, -0.2) is 4.79 Å². The Labute approximate surface area is 132 Å². The van der Waals surface area contributed by atoms with Crippen LogP contribution in [0.5, 0.6) is 0 Å². The number of nitro benzene ring substituents is 1. The monoisotopic (exact) mass is 316 g/mol. The van der Waals surface area contributed by atoms with Crippen LogP contribution < -0.4 is 0 Å². The summed E-state index contributed by atoms with van der Waals surface area (Å²) in [6.45, 7) is 3.57. The lowest BCUT2D eigenvalue weighted by molar-refractivity contribution is -0.384. The molecule has 0 spiro atoms. The highest BCUT2D eigenvalue weighted by atomic mass is 16.6. The molecule has 0 atom stereocenters. The van der Waals surface area contributed by atoms with Crippen molar-refractivity contribution in [3.05, 3.63) is 51.1 Å². The van der Waals surface area contributed by atoms with E-state index in [2.05, 4.69) is 10.2 Å². The first-order valence-corrected chi connectivity index (χ1v) is 7.30. The number of benzene rings is 1. The van der Waals surface area contributed by atoms with E-state index in [4.69, 9.17) is 4.74 Å². The van der Waals surface area contributed by atoms with Gasteiger partial charge in [0.05, 0.1) is 10.5 Å². The van der Waals surface area contributed by atoms with Gasteiger partial charge in [0.1, 0.15) is 5.82 Å². The van der Waals surface area contributed by atoms with Crippen molar-refractivity contribution >= 4 is 11.7 Å². The maximum atomic E-state index is 12.2. The average Bonchev–Trinajstić information content (AvgIpc) is 3.28. The molecule has 1 aromatic carbocycles. The van der Waals surface area contributed by atoms with Crippen LogP contribution in [0.3, 0.4) is 0 Å². The van der Waals surface area contributed by atoms with E-state index >= 15 is 0 Å². The number of nitro groups is 1. The normalized spacial score (nSPS) is 13.8. The van der Waals surface area contributed by atoms with Crippen LogP contribution in [-0.2, 0) is 11.3 Å². The molecule has 1 aliphatic carbocycles. The molecule has 8 heteroatoms. The number of hydrogen-bond donors (Lipinski definition) is 0. The van der Waals surface area contributed by atoms with Crippen LogP contribution in [0.2, 0.25) is 0 Å². The molecule has 0 unspecified atom stereocenters. The Morgan fingerprint density at radius 1 is 1.39 bits per heavy atom. The van der Waals surface area contributed by atoms with Crippen molar-refractivity contribution in [3.8, 4) is 0 Å². The lowest BCUT2D eigenvalue weighted by Crippen LogP contribution is -2.11. The summed E-state index contributed by atoms with van der Waals surface area (Å²) in [5.74, 6) is 0.792. The van der Waals surface area contributed by atoms with Gasteiger partial charge in [0.25, 0.3) is 5.69 Å². The van der Waals surface area contributed by atoms with Gasteiger partial charge in [-0.05, 0) is 32.3 Å². The van der Waals surface area contributed by atoms with Crippen molar-refractivity contribution in [1.82, 2.24) is 14.8 Å². The second-order valence-electron chi connectivity index (χ2n) is 5.60. The highest BCUT2D eigenvalue weighted by Crippen LogP contribution is 2.36. The molecule has 1 fully saturated rings. The Kier molecular flexibility index (Phi) is 3.81. The number of non-ortho nitro benzene ring substituents is 1. The average molecular weight is 316 g/mol. The second kappa shape index (κ2) is 5.79. The van der Waals surface area contributed by atoms with Crippen LogP contribution in [-0.4, -0.2) is 25.7 Å². The van der Waals surface area contributed by atoms with Gasteiger partial charge in [-0.15, -0.1) is 10.2 Å². The van der Waals surface area contributed by atoms with Gasteiger partial charge in [-0.1, -0.05) is 6.07 Å². The zero-order valence-corrected chi connectivity index (χ0v) is 12.9. The molecule has 1 saturated carbocycles. The van der Waals surface area contributed by atoms with Gasteiger partial charge in [0, 0.05) is 18.2 Å². The van der Waals surface area contributed by atoms with Crippen molar-refractivity contribution in [1.29, 1.82) is 0 Å². The molecule has 0 aliphatic heterocycles. The molecular weight excluding hydrogens is 300 g/mol. The quantitative estimate of drug-likeness (QED) is 0.477. The van der Waals surface area contributed by atoms with Crippen molar-refractivity contribution in [2.45, 2.75) is 39.3 Å². The summed E-state index contributed by atoms with van der Waals surface area (Å²) >= 11 is 0. The molecule has 23 heavy (non-hydrogen) atoms. The number of ether oxygens (including phenoxy) is 1. The molecule has 2 aromatic rings. The van der Waals surface area contributed by atoms with Crippen molar-refractivity contribution in [2.24, 2.45) is 0 Å². The summed E-state index contributed by atoms with van der Waals surface area (Å²) < 4.78 is 7.26. The topological polar surface area (TPSA) is 100 Å². The van der Waals surface area contributed by atoms with Crippen molar-refractivity contribution in [3.63, 3.8) is 0 Å². The molecule has 1 aromatic heterocycles. The van der Waals surface area contributed by atoms with E-state index in [1.54, 1.807) is 6.92 Å². The Morgan fingerprint density at radius 2 is 2.13 bits per heavy atom. The molecule has 1 heterocycles. The number of esters is 1. The molecule has 8 nitrogen and oxygen atoms in total. The Bertz CT molecular complexity index is 780. The number of aromatic nitrogens is 3. The van der Waals surface area contributed by atoms with Crippen LogP contribution >= 0.6 is 0 Å². The molecule has 0 N–H and O–H groups in total. The Morgan fingerprint density at radius 3 is 2.78 bits per heavy atom. The lowest BCUT2D eigenvalue weighted by Gasteiger charge is -2.09. The number of hydrogen-bond acceptors (Lipinski definition) is 6. The summed E-state index contributed by atoms with van der Waals surface area (Å²) in [6.07, 6.45) is 2.15. The molecular formula is C15H16N4O4. The van der Waals surface area contributed by atoms with Crippen LogP contribution in [0.4, 0.5) is 5.69 Å². The Hall–Kier alpha value is -2.77. The highest BCUT2D eigenvalue weighted by Gasteiger charge is 2.28. The van der Waals surface area contributed by atoms with E-state index in [1.165, 1.54) is 18.2 Å². The molecule has 0 bridgehead atoms. The van der Waals surface area contributed by atoms with Gasteiger partial charge in [-0.3, -0.25) is 10.1 Å². The summed E-state index contributed by atoms with van der Waals surface area (Å²) in [4.78, 5) is 22.5. The van der Waals surface area contributed by atoms with E-state index < -0.39 is 10.9 Å². The molecule has 3 rings (SSSR count). The van der Waals surface area contributed by atoms with E-state index in [0.29, 0.717) is 17.4 Å². The van der Waals surface area contributed by atoms with Crippen LogP contribution in [0, 0.1) is 24.0 Å². The maximum absolute atomic E-state index is 12.2. The predicted molar refractivity (Wildman–Crippen MR) is 80.0 cm³/mol. The number of carbonyl (C=O) groups is 1. The second-order valence-corrected chi connectivity index (χ2v) is 5.60. The third kappa shape index (κ3) is 3.05. The smallest absolute Gasteiger partial charge is 0.339 e. The number of nitrogens with zero attached hydrogens (tertiary/aromatic N) is 4. The predicted octanol–water partition coefficient (Wildman–Crippen LogP) is 2.50. The van der Waals surface area contributed by atoms with E-state index in [0.717, 1.165) is 18.7 Å². The third-order valence-electron chi connectivity index (χ3n) is 3.83. The minimum Gasteiger partial charge on any atom is -0.454 e.